The van der Waals surface area contributed by atoms with Gasteiger partial charge in [-0.1, -0.05) is 13.0 Å². The topological polar surface area (TPSA) is 46.6 Å². The van der Waals surface area contributed by atoms with Crippen LogP contribution in [0.2, 0.25) is 0 Å². The number of likely N-dealkylation sites (tertiary alicyclic amines) is 1. The lowest BCUT2D eigenvalue weighted by Gasteiger charge is -2.25. The lowest BCUT2D eigenvalue weighted by molar-refractivity contribution is 0.227. The molecule has 0 aliphatic carbocycles. The zero-order valence-electron chi connectivity index (χ0n) is 11.5. The number of hydrogen-bond acceptors (Lipinski definition) is 3. The van der Waals surface area contributed by atoms with E-state index in [9.17, 15) is 0 Å². The van der Waals surface area contributed by atoms with Crippen molar-refractivity contribution in [2.24, 2.45) is 11.7 Å². The van der Waals surface area contributed by atoms with Crippen molar-refractivity contribution in [3.63, 3.8) is 0 Å². The van der Waals surface area contributed by atoms with Gasteiger partial charge in [0.25, 0.3) is 0 Å². The molecule has 2 N–H and O–H groups in total. The van der Waals surface area contributed by atoms with Gasteiger partial charge < -0.3 is 10.1 Å². The van der Waals surface area contributed by atoms with Crippen LogP contribution in [0.5, 0.6) is 0 Å². The highest BCUT2D eigenvalue weighted by Gasteiger charge is 2.35. The zero-order chi connectivity index (χ0) is 13.2. The maximum Gasteiger partial charge on any atom is 0.137 e. The van der Waals surface area contributed by atoms with E-state index in [1.54, 1.807) is 0 Å². The summed E-state index contributed by atoms with van der Waals surface area (Å²) in [6, 6.07) is 6.52. The molecule has 0 saturated carbocycles. The largest absolute Gasteiger partial charge is 0.330 e. The second-order valence-electron chi connectivity index (χ2n) is 5.40. The Morgan fingerprint density at radius 1 is 1.42 bits per heavy atom. The molecule has 0 aromatic carbocycles. The summed E-state index contributed by atoms with van der Waals surface area (Å²) in [7, 11) is 0. The fourth-order valence-corrected chi connectivity index (χ4v) is 3.24. The summed E-state index contributed by atoms with van der Waals surface area (Å²) < 4.78 is 2.10. The number of nitrogens with zero attached hydrogens (tertiary/aromatic N) is 3. The molecular weight excluding hydrogens is 236 g/mol. The molecule has 0 radical (unpaired) electrons. The van der Waals surface area contributed by atoms with Crippen molar-refractivity contribution < 1.29 is 0 Å². The second kappa shape index (κ2) is 5.31. The molecule has 1 aliphatic heterocycles. The van der Waals surface area contributed by atoms with Crippen molar-refractivity contribution in [2.75, 3.05) is 19.6 Å². The summed E-state index contributed by atoms with van der Waals surface area (Å²) in [5.41, 5.74) is 8.15. The van der Waals surface area contributed by atoms with Gasteiger partial charge in [-0.3, -0.25) is 4.90 Å². The van der Waals surface area contributed by atoms with Gasteiger partial charge in [-0.05, 0) is 50.5 Å². The Bertz CT molecular complexity index is 515. The SMILES string of the molecule is CCCN1CCC(CN)C1c1cn2ccccc2n1. The van der Waals surface area contributed by atoms with E-state index < -0.39 is 0 Å². The van der Waals surface area contributed by atoms with E-state index in [-0.39, 0.29) is 0 Å². The summed E-state index contributed by atoms with van der Waals surface area (Å²) in [6.45, 7) is 5.26. The van der Waals surface area contributed by atoms with E-state index in [2.05, 4.69) is 34.7 Å². The lowest BCUT2D eigenvalue weighted by atomic mass is 9.98. The Morgan fingerprint density at radius 3 is 3.05 bits per heavy atom. The molecule has 1 fully saturated rings. The van der Waals surface area contributed by atoms with E-state index in [4.69, 9.17) is 10.7 Å². The van der Waals surface area contributed by atoms with Crippen LogP contribution in [0.1, 0.15) is 31.5 Å². The maximum atomic E-state index is 5.95. The van der Waals surface area contributed by atoms with Gasteiger partial charge >= 0.3 is 0 Å². The molecule has 2 atom stereocenters. The molecule has 2 aromatic rings. The third-order valence-electron chi connectivity index (χ3n) is 4.13. The van der Waals surface area contributed by atoms with E-state index in [1.165, 1.54) is 18.5 Å². The average molecular weight is 258 g/mol. The number of hydrogen-bond donors (Lipinski definition) is 1. The molecule has 19 heavy (non-hydrogen) atoms. The normalized spacial score (nSPS) is 24.3. The van der Waals surface area contributed by atoms with Crippen molar-refractivity contribution in [3.8, 4) is 0 Å². The highest BCUT2D eigenvalue weighted by atomic mass is 15.2. The Kier molecular flexibility index (Phi) is 3.53. The Balaban J connectivity index is 1.96. The van der Waals surface area contributed by atoms with Crippen LogP contribution in [0.4, 0.5) is 0 Å². The number of pyridine rings is 1. The molecule has 4 nitrogen and oxygen atoms in total. The first kappa shape index (κ1) is 12.6. The quantitative estimate of drug-likeness (QED) is 0.913. The molecule has 2 aromatic heterocycles. The van der Waals surface area contributed by atoms with Crippen LogP contribution < -0.4 is 5.73 Å². The number of imidazole rings is 1. The number of nitrogens with two attached hydrogens (primary N) is 1. The van der Waals surface area contributed by atoms with Crippen molar-refractivity contribution >= 4 is 5.65 Å². The molecule has 102 valence electrons. The minimum Gasteiger partial charge on any atom is -0.330 e. The monoisotopic (exact) mass is 258 g/mol. The summed E-state index contributed by atoms with van der Waals surface area (Å²) in [5, 5.41) is 0. The van der Waals surface area contributed by atoms with Gasteiger partial charge in [0, 0.05) is 12.4 Å². The fourth-order valence-electron chi connectivity index (χ4n) is 3.24. The van der Waals surface area contributed by atoms with Crippen LogP contribution in [0, 0.1) is 5.92 Å². The minimum atomic E-state index is 0.393. The molecule has 3 heterocycles. The van der Waals surface area contributed by atoms with Gasteiger partial charge in [-0.15, -0.1) is 0 Å². The van der Waals surface area contributed by atoms with Gasteiger partial charge in [0.05, 0.1) is 11.7 Å². The number of fused-ring (bicyclic) bond motifs is 1. The van der Waals surface area contributed by atoms with Gasteiger partial charge in [-0.2, -0.15) is 0 Å². The highest BCUT2D eigenvalue weighted by Crippen LogP contribution is 2.36. The van der Waals surface area contributed by atoms with Crippen LogP contribution in [-0.2, 0) is 0 Å². The van der Waals surface area contributed by atoms with Gasteiger partial charge in [-0.25, -0.2) is 4.98 Å². The van der Waals surface area contributed by atoms with Crippen molar-refractivity contribution in [3.05, 3.63) is 36.3 Å². The Hall–Kier alpha value is -1.39. The van der Waals surface area contributed by atoms with E-state index >= 15 is 0 Å². The second-order valence-corrected chi connectivity index (χ2v) is 5.40. The number of aromatic nitrogens is 2. The summed E-state index contributed by atoms with van der Waals surface area (Å²) in [6.07, 6.45) is 6.59. The van der Waals surface area contributed by atoms with Crippen LogP contribution >= 0.6 is 0 Å². The smallest absolute Gasteiger partial charge is 0.137 e. The molecule has 3 rings (SSSR count). The van der Waals surface area contributed by atoms with Crippen molar-refractivity contribution in [2.45, 2.75) is 25.8 Å². The summed E-state index contributed by atoms with van der Waals surface area (Å²) in [5.74, 6) is 0.538. The number of rotatable bonds is 4. The van der Waals surface area contributed by atoms with E-state index in [1.807, 2.05) is 12.1 Å². The first-order valence-corrected chi connectivity index (χ1v) is 7.21. The predicted molar refractivity (Wildman–Crippen MR) is 77.0 cm³/mol. The standard InChI is InChI=1S/C15H22N4/c1-2-7-18-9-6-12(10-16)15(18)13-11-19-8-4-3-5-14(19)17-13/h3-5,8,11-12,15H,2,6-7,9-10,16H2,1H3. The van der Waals surface area contributed by atoms with E-state index in [0.29, 0.717) is 12.0 Å². The molecule has 1 saturated heterocycles. The summed E-state index contributed by atoms with van der Waals surface area (Å²) in [4.78, 5) is 7.33. The molecule has 1 aliphatic rings. The van der Waals surface area contributed by atoms with Crippen LogP contribution in [0.15, 0.2) is 30.6 Å². The molecule has 0 spiro atoms. The van der Waals surface area contributed by atoms with E-state index in [0.717, 1.165) is 25.3 Å². The van der Waals surface area contributed by atoms with Crippen LogP contribution in [-0.4, -0.2) is 33.9 Å². The average Bonchev–Trinajstić information content (AvgIpc) is 3.01. The Morgan fingerprint density at radius 2 is 2.32 bits per heavy atom. The third kappa shape index (κ3) is 2.26. The van der Waals surface area contributed by atoms with Gasteiger partial charge in [0.1, 0.15) is 5.65 Å². The highest BCUT2D eigenvalue weighted by molar-refractivity contribution is 5.40. The van der Waals surface area contributed by atoms with Crippen molar-refractivity contribution in [1.82, 2.24) is 14.3 Å². The molecular formula is C15H22N4. The first-order valence-electron chi connectivity index (χ1n) is 7.21. The lowest BCUT2D eigenvalue weighted by Crippen LogP contribution is -2.29. The minimum absolute atomic E-state index is 0.393. The Labute approximate surface area is 114 Å². The van der Waals surface area contributed by atoms with Gasteiger partial charge in [0.2, 0.25) is 0 Å². The van der Waals surface area contributed by atoms with Crippen LogP contribution in [0.3, 0.4) is 0 Å². The predicted octanol–water partition coefficient (Wildman–Crippen LogP) is 2.07. The van der Waals surface area contributed by atoms with Gasteiger partial charge in [0.15, 0.2) is 0 Å². The molecule has 0 amide bonds. The maximum absolute atomic E-state index is 5.95. The summed E-state index contributed by atoms with van der Waals surface area (Å²) >= 11 is 0. The fraction of sp³-hybridized carbons (Fsp3) is 0.533. The molecule has 4 heteroatoms. The molecule has 2 unspecified atom stereocenters. The van der Waals surface area contributed by atoms with Crippen LogP contribution in [0.25, 0.3) is 5.65 Å². The third-order valence-corrected chi connectivity index (χ3v) is 4.13. The zero-order valence-corrected chi connectivity index (χ0v) is 11.5. The molecule has 0 bridgehead atoms. The van der Waals surface area contributed by atoms with Crippen molar-refractivity contribution in [1.29, 1.82) is 0 Å². The first-order chi connectivity index (χ1) is 9.33.